The third-order valence-electron chi connectivity index (χ3n) is 3.18. The van der Waals surface area contributed by atoms with Crippen LogP contribution >= 0.6 is 22.6 Å². The molecule has 122 valence electrons. The van der Waals surface area contributed by atoms with Gasteiger partial charge >= 0.3 is 6.01 Å². The predicted molar refractivity (Wildman–Crippen MR) is 98.0 cm³/mol. The van der Waals surface area contributed by atoms with Gasteiger partial charge in [0.2, 0.25) is 5.89 Å². The number of nitrogens with one attached hydrogen (secondary N) is 1. The lowest BCUT2D eigenvalue weighted by Gasteiger charge is -2.03. The third kappa shape index (κ3) is 3.73. The number of rotatable bonds is 5. The molecule has 0 saturated carbocycles. The minimum Gasteiger partial charge on any atom is -0.494 e. The van der Waals surface area contributed by atoms with Crippen molar-refractivity contribution in [3.8, 4) is 17.2 Å². The Morgan fingerprint density at radius 3 is 2.62 bits per heavy atom. The van der Waals surface area contributed by atoms with Gasteiger partial charge in [-0.05, 0) is 65.9 Å². The van der Waals surface area contributed by atoms with Gasteiger partial charge in [-0.2, -0.15) is 0 Å². The molecule has 0 unspecified atom stereocenters. The Bertz CT molecular complexity index is 846. The maximum Gasteiger partial charge on any atom is 0.322 e. The first kappa shape index (κ1) is 16.4. The molecular weight excluding hydrogens is 421 g/mol. The summed E-state index contributed by atoms with van der Waals surface area (Å²) < 4.78 is 11.7. The molecule has 2 aromatic carbocycles. The van der Waals surface area contributed by atoms with Crippen molar-refractivity contribution in [2.75, 3.05) is 11.9 Å². The number of carbonyl (C=O) groups excluding carboxylic acids is 1. The van der Waals surface area contributed by atoms with Crippen LogP contribution in [0.3, 0.4) is 0 Å². The summed E-state index contributed by atoms with van der Waals surface area (Å²) in [5.74, 6) is 0.811. The molecule has 1 aromatic heterocycles. The molecule has 1 heterocycles. The van der Waals surface area contributed by atoms with Crippen LogP contribution in [-0.4, -0.2) is 22.7 Å². The topological polar surface area (TPSA) is 77.3 Å². The highest BCUT2D eigenvalue weighted by Crippen LogP contribution is 2.23. The molecule has 0 atom stereocenters. The van der Waals surface area contributed by atoms with Crippen molar-refractivity contribution < 1.29 is 13.9 Å². The van der Waals surface area contributed by atoms with Gasteiger partial charge in [0.15, 0.2) is 0 Å². The van der Waals surface area contributed by atoms with E-state index in [9.17, 15) is 4.79 Å². The molecule has 1 amide bonds. The van der Waals surface area contributed by atoms with Gasteiger partial charge in [0.1, 0.15) is 5.75 Å². The van der Waals surface area contributed by atoms with Gasteiger partial charge in [0, 0.05) is 9.13 Å². The van der Waals surface area contributed by atoms with Gasteiger partial charge < -0.3 is 9.15 Å². The average molecular weight is 435 g/mol. The van der Waals surface area contributed by atoms with E-state index in [1.54, 1.807) is 12.1 Å². The summed E-state index contributed by atoms with van der Waals surface area (Å²) in [6.45, 7) is 2.53. The van der Waals surface area contributed by atoms with Crippen LogP contribution in [0.5, 0.6) is 5.75 Å². The molecule has 6 nitrogen and oxygen atoms in total. The highest BCUT2D eigenvalue weighted by Gasteiger charge is 2.14. The molecule has 0 bridgehead atoms. The number of benzene rings is 2. The molecule has 0 aliphatic heterocycles. The summed E-state index contributed by atoms with van der Waals surface area (Å²) in [7, 11) is 0. The summed E-state index contributed by atoms with van der Waals surface area (Å²) in [5, 5.41) is 10.4. The Labute approximate surface area is 152 Å². The number of anilines is 1. The van der Waals surface area contributed by atoms with E-state index >= 15 is 0 Å². The van der Waals surface area contributed by atoms with E-state index < -0.39 is 0 Å². The van der Waals surface area contributed by atoms with Gasteiger partial charge in [-0.15, -0.1) is 5.10 Å². The molecule has 0 spiro atoms. The van der Waals surface area contributed by atoms with Gasteiger partial charge in [-0.3, -0.25) is 10.1 Å². The minimum absolute atomic E-state index is 0.0588. The number of hydrogen-bond donors (Lipinski definition) is 1. The lowest BCUT2D eigenvalue weighted by molar-refractivity contribution is 0.102. The quantitative estimate of drug-likeness (QED) is 0.614. The monoisotopic (exact) mass is 435 g/mol. The molecule has 0 fully saturated rings. The smallest absolute Gasteiger partial charge is 0.322 e. The van der Waals surface area contributed by atoms with E-state index in [2.05, 4.69) is 38.1 Å². The summed E-state index contributed by atoms with van der Waals surface area (Å²) in [6.07, 6.45) is 0. The molecule has 0 aliphatic rings. The van der Waals surface area contributed by atoms with E-state index in [1.165, 1.54) is 0 Å². The van der Waals surface area contributed by atoms with Crippen LogP contribution in [-0.2, 0) is 0 Å². The van der Waals surface area contributed by atoms with Crippen LogP contribution in [0.2, 0.25) is 0 Å². The normalized spacial score (nSPS) is 10.4. The molecule has 1 N–H and O–H groups in total. The molecule has 0 saturated heterocycles. The van der Waals surface area contributed by atoms with Crippen LogP contribution in [0, 0.1) is 3.57 Å². The zero-order valence-electron chi connectivity index (χ0n) is 12.8. The second-order valence-electron chi connectivity index (χ2n) is 4.80. The first-order chi connectivity index (χ1) is 11.7. The maximum absolute atomic E-state index is 12.2. The Morgan fingerprint density at radius 1 is 1.17 bits per heavy atom. The summed E-state index contributed by atoms with van der Waals surface area (Å²) >= 11 is 2.10. The van der Waals surface area contributed by atoms with Crippen molar-refractivity contribution in [2.24, 2.45) is 0 Å². The number of hydrogen-bond acceptors (Lipinski definition) is 5. The van der Waals surface area contributed by atoms with Crippen LogP contribution in [0.4, 0.5) is 6.01 Å². The number of amides is 1. The van der Waals surface area contributed by atoms with Gasteiger partial charge in [-0.1, -0.05) is 17.2 Å². The highest BCUT2D eigenvalue weighted by molar-refractivity contribution is 14.1. The number of ether oxygens (including phenoxy) is 1. The fourth-order valence-electron chi connectivity index (χ4n) is 2.06. The van der Waals surface area contributed by atoms with Crippen molar-refractivity contribution in [1.82, 2.24) is 10.2 Å². The lowest BCUT2D eigenvalue weighted by Crippen LogP contribution is -2.13. The molecule has 3 aromatic rings. The largest absolute Gasteiger partial charge is 0.494 e. The number of carbonyl (C=O) groups is 1. The predicted octanol–water partition coefficient (Wildman–Crippen LogP) is 3.99. The van der Waals surface area contributed by atoms with E-state index in [0.29, 0.717) is 18.1 Å². The van der Waals surface area contributed by atoms with Gasteiger partial charge in [0.25, 0.3) is 5.91 Å². The fraction of sp³-hybridized carbons (Fsp3) is 0.118. The first-order valence-electron chi connectivity index (χ1n) is 7.30. The van der Waals surface area contributed by atoms with E-state index in [1.807, 2.05) is 43.3 Å². The standard InChI is InChI=1S/C17H14IN3O3/c1-2-23-12-9-7-11(8-10-12)16-20-21-17(24-16)19-15(22)13-5-3-4-6-14(13)18/h3-10H,2H2,1H3,(H,19,21,22). The van der Waals surface area contributed by atoms with E-state index in [0.717, 1.165) is 14.9 Å². The van der Waals surface area contributed by atoms with Crippen LogP contribution in [0.1, 0.15) is 17.3 Å². The van der Waals surface area contributed by atoms with E-state index in [-0.39, 0.29) is 11.9 Å². The Balaban J connectivity index is 1.73. The highest BCUT2D eigenvalue weighted by atomic mass is 127. The van der Waals surface area contributed by atoms with Crippen LogP contribution in [0.15, 0.2) is 52.9 Å². The number of halogens is 1. The maximum atomic E-state index is 12.2. The molecular formula is C17H14IN3O3. The summed E-state index contributed by atoms with van der Waals surface area (Å²) in [4.78, 5) is 12.2. The van der Waals surface area contributed by atoms with Crippen LogP contribution in [0.25, 0.3) is 11.5 Å². The molecule has 0 aliphatic carbocycles. The first-order valence-corrected chi connectivity index (χ1v) is 8.38. The molecule has 24 heavy (non-hydrogen) atoms. The zero-order chi connectivity index (χ0) is 16.9. The summed E-state index contributed by atoms with van der Waals surface area (Å²) in [5.41, 5.74) is 1.31. The molecule has 7 heteroatoms. The van der Waals surface area contributed by atoms with Crippen LogP contribution < -0.4 is 10.1 Å². The molecule has 0 radical (unpaired) electrons. The Kier molecular flexibility index (Phi) is 5.09. The van der Waals surface area contributed by atoms with Crippen molar-refractivity contribution in [3.05, 3.63) is 57.7 Å². The number of nitrogens with zero attached hydrogens (tertiary/aromatic N) is 2. The van der Waals surface area contributed by atoms with Gasteiger partial charge in [-0.25, -0.2) is 0 Å². The lowest BCUT2D eigenvalue weighted by atomic mass is 10.2. The Hall–Kier alpha value is -2.42. The molecule has 3 rings (SSSR count). The second-order valence-corrected chi connectivity index (χ2v) is 5.97. The minimum atomic E-state index is -0.290. The summed E-state index contributed by atoms with van der Waals surface area (Å²) in [6, 6.07) is 14.6. The van der Waals surface area contributed by atoms with Gasteiger partial charge in [0.05, 0.1) is 12.2 Å². The third-order valence-corrected chi connectivity index (χ3v) is 4.12. The Morgan fingerprint density at radius 2 is 1.92 bits per heavy atom. The van der Waals surface area contributed by atoms with Crippen molar-refractivity contribution in [1.29, 1.82) is 0 Å². The average Bonchev–Trinajstić information content (AvgIpc) is 3.04. The second kappa shape index (κ2) is 7.43. The van der Waals surface area contributed by atoms with E-state index in [4.69, 9.17) is 9.15 Å². The number of aromatic nitrogens is 2. The van der Waals surface area contributed by atoms with Crippen molar-refractivity contribution in [3.63, 3.8) is 0 Å². The fourth-order valence-corrected chi connectivity index (χ4v) is 2.69. The van der Waals surface area contributed by atoms with Crippen molar-refractivity contribution >= 4 is 34.5 Å². The van der Waals surface area contributed by atoms with Crippen molar-refractivity contribution in [2.45, 2.75) is 6.92 Å². The zero-order valence-corrected chi connectivity index (χ0v) is 15.0. The SMILES string of the molecule is CCOc1ccc(-c2nnc(NC(=O)c3ccccc3I)o2)cc1.